The molecule has 1 fully saturated rings. The van der Waals surface area contributed by atoms with Crippen molar-refractivity contribution in [2.24, 2.45) is 17.3 Å². The summed E-state index contributed by atoms with van der Waals surface area (Å²) in [6.45, 7) is 5.22. The molecule has 0 aromatic rings. The predicted molar refractivity (Wildman–Crippen MR) is 64.2 cm³/mol. The molecule has 0 heterocycles. The van der Waals surface area contributed by atoms with E-state index in [1.54, 1.807) is 20.8 Å². The zero-order valence-electron chi connectivity index (χ0n) is 10.9. The molecule has 0 saturated heterocycles. The number of amides is 2. The van der Waals surface area contributed by atoms with Gasteiger partial charge in [0.05, 0.1) is 5.92 Å². The van der Waals surface area contributed by atoms with Gasteiger partial charge in [-0.05, 0) is 19.3 Å². The number of carboxylic acids is 1. The highest BCUT2D eigenvalue weighted by Gasteiger charge is 2.34. The first-order chi connectivity index (χ1) is 8.21. The van der Waals surface area contributed by atoms with Crippen LogP contribution < -0.4 is 10.9 Å². The Hall–Kier alpha value is -1.59. The fraction of sp³-hybridized carbons (Fsp3) is 0.750. The lowest BCUT2D eigenvalue weighted by Crippen LogP contribution is -2.48. The van der Waals surface area contributed by atoms with Gasteiger partial charge in [-0.15, -0.1) is 0 Å². The van der Waals surface area contributed by atoms with E-state index in [4.69, 9.17) is 5.11 Å². The first kappa shape index (κ1) is 14.5. The number of aliphatic carboxylic acids is 1. The monoisotopic (exact) mass is 256 g/mol. The Labute approximate surface area is 106 Å². The van der Waals surface area contributed by atoms with Gasteiger partial charge in [0.15, 0.2) is 0 Å². The van der Waals surface area contributed by atoms with Crippen LogP contribution in [-0.2, 0) is 14.4 Å². The van der Waals surface area contributed by atoms with Crippen LogP contribution in [0.5, 0.6) is 0 Å². The van der Waals surface area contributed by atoms with Gasteiger partial charge >= 0.3 is 5.97 Å². The van der Waals surface area contributed by atoms with Gasteiger partial charge in [0, 0.05) is 11.3 Å². The highest BCUT2D eigenvalue weighted by molar-refractivity contribution is 5.86. The first-order valence-electron chi connectivity index (χ1n) is 6.05. The minimum absolute atomic E-state index is 0.274. The summed E-state index contributed by atoms with van der Waals surface area (Å²) in [5.41, 5.74) is 4.14. The van der Waals surface area contributed by atoms with Crippen molar-refractivity contribution >= 4 is 17.8 Å². The van der Waals surface area contributed by atoms with Gasteiger partial charge in [-0.1, -0.05) is 20.8 Å². The molecule has 0 aromatic heterocycles. The van der Waals surface area contributed by atoms with Gasteiger partial charge in [0.25, 0.3) is 0 Å². The fourth-order valence-corrected chi connectivity index (χ4v) is 1.85. The van der Waals surface area contributed by atoms with Crippen LogP contribution in [0.25, 0.3) is 0 Å². The van der Waals surface area contributed by atoms with Crippen molar-refractivity contribution in [3.63, 3.8) is 0 Å². The van der Waals surface area contributed by atoms with E-state index in [-0.39, 0.29) is 17.7 Å². The van der Waals surface area contributed by atoms with Crippen molar-refractivity contribution in [1.29, 1.82) is 0 Å². The maximum absolute atomic E-state index is 11.7. The number of nitrogens with one attached hydrogen (secondary N) is 2. The fourth-order valence-electron chi connectivity index (χ4n) is 1.85. The van der Waals surface area contributed by atoms with Crippen LogP contribution >= 0.6 is 0 Å². The normalized spacial score (nSPS) is 23.5. The molecule has 6 heteroatoms. The average molecular weight is 256 g/mol. The third kappa shape index (κ3) is 3.72. The van der Waals surface area contributed by atoms with Gasteiger partial charge in [0.2, 0.25) is 11.8 Å². The molecule has 0 bridgehead atoms. The van der Waals surface area contributed by atoms with Gasteiger partial charge in [-0.2, -0.15) is 0 Å². The van der Waals surface area contributed by atoms with Crippen LogP contribution in [0.15, 0.2) is 0 Å². The molecule has 1 saturated carbocycles. The number of carbonyl (C=O) groups is 3. The Bertz CT molecular complexity index is 360. The van der Waals surface area contributed by atoms with Gasteiger partial charge in [0.1, 0.15) is 0 Å². The van der Waals surface area contributed by atoms with E-state index in [0.29, 0.717) is 19.3 Å². The molecule has 18 heavy (non-hydrogen) atoms. The summed E-state index contributed by atoms with van der Waals surface area (Å²) in [7, 11) is 0. The lowest BCUT2D eigenvalue weighted by Gasteiger charge is -2.19. The third-order valence-electron chi connectivity index (χ3n) is 3.13. The molecule has 1 aliphatic rings. The van der Waals surface area contributed by atoms with E-state index >= 15 is 0 Å². The molecular weight excluding hydrogens is 236 g/mol. The Balaban J connectivity index is 2.39. The SMILES string of the molecule is CC(C)(C)C(=O)NNC(=O)[C@@H]1CC[C@H](C(=O)O)C1. The number of carbonyl (C=O) groups excluding carboxylic acids is 2. The summed E-state index contributed by atoms with van der Waals surface area (Å²) >= 11 is 0. The number of hydrogen-bond donors (Lipinski definition) is 3. The van der Waals surface area contributed by atoms with Crippen molar-refractivity contribution in [2.75, 3.05) is 0 Å². The number of rotatable bonds is 2. The summed E-state index contributed by atoms with van der Waals surface area (Å²) in [6, 6.07) is 0. The third-order valence-corrected chi connectivity index (χ3v) is 3.13. The van der Waals surface area contributed by atoms with Crippen molar-refractivity contribution in [2.45, 2.75) is 40.0 Å². The van der Waals surface area contributed by atoms with Gasteiger partial charge in [-0.3, -0.25) is 25.2 Å². The number of carboxylic acid groups (broad SMARTS) is 1. The molecule has 0 radical (unpaired) electrons. The molecule has 0 spiro atoms. The van der Waals surface area contributed by atoms with E-state index < -0.39 is 17.3 Å². The van der Waals surface area contributed by atoms with E-state index in [1.807, 2.05) is 0 Å². The van der Waals surface area contributed by atoms with Gasteiger partial charge < -0.3 is 5.11 Å². The standard InChI is InChI=1S/C12H20N2O4/c1-12(2,3)11(18)14-13-9(15)7-4-5-8(6-7)10(16)17/h7-8H,4-6H2,1-3H3,(H,13,15)(H,14,18)(H,16,17)/t7-,8+/m1/s1. The van der Waals surface area contributed by atoms with Crippen molar-refractivity contribution in [1.82, 2.24) is 10.9 Å². The molecule has 1 aliphatic carbocycles. The van der Waals surface area contributed by atoms with E-state index in [0.717, 1.165) is 0 Å². The van der Waals surface area contributed by atoms with Crippen LogP contribution in [0.4, 0.5) is 0 Å². The lowest BCUT2D eigenvalue weighted by molar-refractivity contribution is -0.141. The van der Waals surface area contributed by atoms with Crippen molar-refractivity contribution < 1.29 is 19.5 Å². The predicted octanol–water partition coefficient (Wildman–Crippen LogP) is 0.681. The van der Waals surface area contributed by atoms with Crippen LogP contribution in [0.2, 0.25) is 0 Å². The minimum atomic E-state index is -0.857. The molecule has 0 unspecified atom stereocenters. The van der Waals surface area contributed by atoms with Crippen LogP contribution in [0, 0.1) is 17.3 Å². The highest BCUT2D eigenvalue weighted by atomic mass is 16.4. The smallest absolute Gasteiger partial charge is 0.306 e. The Morgan fingerprint density at radius 2 is 1.61 bits per heavy atom. The summed E-state index contributed by atoms with van der Waals surface area (Å²) in [5, 5.41) is 8.84. The minimum Gasteiger partial charge on any atom is -0.481 e. The maximum Gasteiger partial charge on any atom is 0.306 e. The molecular formula is C12H20N2O4. The Morgan fingerprint density at radius 1 is 1.06 bits per heavy atom. The van der Waals surface area contributed by atoms with Crippen LogP contribution in [0.1, 0.15) is 40.0 Å². The summed E-state index contributed by atoms with van der Waals surface area (Å²) in [4.78, 5) is 34.0. The van der Waals surface area contributed by atoms with Crippen molar-refractivity contribution in [3.05, 3.63) is 0 Å². The highest BCUT2D eigenvalue weighted by Crippen LogP contribution is 2.30. The van der Waals surface area contributed by atoms with E-state index in [9.17, 15) is 14.4 Å². The van der Waals surface area contributed by atoms with Crippen molar-refractivity contribution in [3.8, 4) is 0 Å². The molecule has 3 N–H and O–H groups in total. The van der Waals surface area contributed by atoms with Crippen LogP contribution in [-0.4, -0.2) is 22.9 Å². The maximum atomic E-state index is 11.7. The molecule has 2 amide bonds. The van der Waals surface area contributed by atoms with E-state index in [2.05, 4.69) is 10.9 Å². The second-order valence-corrected chi connectivity index (χ2v) is 5.74. The molecule has 2 atom stereocenters. The zero-order valence-corrected chi connectivity index (χ0v) is 10.9. The molecule has 6 nitrogen and oxygen atoms in total. The molecule has 102 valence electrons. The number of hydrazine groups is 1. The topological polar surface area (TPSA) is 95.5 Å². The van der Waals surface area contributed by atoms with Gasteiger partial charge in [-0.25, -0.2) is 0 Å². The summed E-state index contributed by atoms with van der Waals surface area (Å²) < 4.78 is 0. The molecule has 0 aromatic carbocycles. The summed E-state index contributed by atoms with van der Waals surface area (Å²) in [5.74, 6) is -2.21. The zero-order chi connectivity index (χ0) is 13.9. The molecule has 0 aliphatic heterocycles. The lowest BCUT2D eigenvalue weighted by atomic mass is 9.96. The quantitative estimate of drug-likeness (QED) is 0.633. The second-order valence-electron chi connectivity index (χ2n) is 5.74. The Morgan fingerprint density at radius 3 is 2.06 bits per heavy atom. The largest absolute Gasteiger partial charge is 0.481 e. The second kappa shape index (κ2) is 5.37. The average Bonchev–Trinajstić information content (AvgIpc) is 2.73. The summed E-state index contributed by atoms with van der Waals surface area (Å²) in [6.07, 6.45) is 1.40. The van der Waals surface area contributed by atoms with E-state index in [1.165, 1.54) is 0 Å². The Kier molecular flexibility index (Phi) is 4.32. The number of hydrogen-bond acceptors (Lipinski definition) is 3. The van der Waals surface area contributed by atoms with Crippen LogP contribution in [0.3, 0.4) is 0 Å². The first-order valence-corrected chi connectivity index (χ1v) is 6.05. The molecule has 1 rings (SSSR count).